The van der Waals surface area contributed by atoms with E-state index >= 15 is 0 Å². The number of benzene rings is 1. The Bertz CT molecular complexity index is 255. The molecular formula is C8H6ClNS. The van der Waals surface area contributed by atoms with Crippen molar-refractivity contribution >= 4 is 23.4 Å². The van der Waals surface area contributed by atoms with E-state index in [1.165, 1.54) is 11.8 Å². The second-order valence-corrected chi connectivity index (χ2v) is 3.75. The molecule has 1 unspecified atom stereocenters. The standard InChI is InChI=1S/C8H6ClNS/c9-8(6-10)11-7-4-2-1-3-5-7/h1-5,8H. The minimum absolute atomic E-state index is 0.489. The molecule has 0 spiro atoms. The molecule has 1 nitrogen and oxygen atoms in total. The molecule has 0 radical (unpaired) electrons. The van der Waals surface area contributed by atoms with E-state index in [1.54, 1.807) is 0 Å². The quantitative estimate of drug-likeness (QED) is 0.520. The minimum Gasteiger partial charge on any atom is -0.196 e. The maximum Gasteiger partial charge on any atom is 0.170 e. The van der Waals surface area contributed by atoms with Crippen LogP contribution in [0.1, 0.15) is 0 Å². The van der Waals surface area contributed by atoms with Crippen LogP contribution in [0.3, 0.4) is 0 Å². The fourth-order valence-electron chi connectivity index (χ4n) is 0.645. The van der Waals surface area contributed by atoms with Gasteiger partial charge in [-0.1, -0.05) is 41.6 Å². The Hall–Kier alpha value is -0.650. The molecule has 0 fully saturated rings. The van der Waals surface area contributed by atoms with Gasteiger partial charge in [-0.3, -0.25) is 0 Å². The predicted octanol–water partition coefficient (Wildman–Crippen LogP) is 2.87. The van der Waals surface area contributed by atoms with Gasteiger partial charge in [-0.05, 0) is 12.1 Å². The van der Waals surface area contributed by atoms with Crippen molar-refractivity contribution in [3.05, 3.63) is 30.3 Å². The summed E-state index contributed by atoms with van der Waals surface area (Å²) >= 11 is 6.95. The number of rotatable bonds is 2. The van der Waals surface area contributed by atoms with Gasteiger partial charge in [0.2, 0.25) is 0 Å². The van der Waals surface area contributed by atoms with Gasteiger partial charge in [-0.15, -0.1) is 0 Å². The van der Waals surface area contributed by atoms with Crippen LogP contribution in [0.4, 0.5) is 0 Å². The fraction of sp³-hybridized carbons (Fsp3) is 0.125. The molecule has 1 aromatic carbocycles. The van der Waals surface area contributed by atoms with Crippen LogP contribution in [0.5, 0.6) is 0 Å². The molecule has 0 bridgehead atoms. The summed E-state index contributed by atoms with van der Waals surface area (Å²) in [6.45, 7) is 0. The monoisotopic (exact) mass is 183 g/mol. The molecule has 56 valence electrons. The van der Waals surface area contributed by atoms with Gasteiger partial charge < -0.3 is 0 Å². The summed E-state index contributed by atoms with van der Waals surface area (Å²) in [5.74, 6) is 0. The SMILES string of the molecule is N#CC(Cl)Sc1ccccc1. The van der Waals surface area contributed by atoms with Gasteiger partial charge in [-0.25, -0.2) is 0 Å². The molecule has 1 atom stereocenters. The van der Waals surface area contributed by atoms with Gasteiger partial charge in [0, 0.05) is 4.90 Å². The van der Waals surface area contributed by atoms with Gasteiger partial charge in [0.15, 0.2) is 4.71 Å². The van der Waals surface area contributed by atoms with Crippen molar-refractivity contribution in [3.8, 4) is 6.07 Å². The summed E-state index contributed by atoms with van der Waals surface area (Å²) in [7, 11) is 0. The largest absolute Gasteiger partial charge is 0.196 e. The van der Waals surface area contributed by atoms with Crippen molar-refractivity contribution in [2.75, 3.05) is 0 Å². The maximum absolute atomic E-state index is 8.39. The lowest BCUT2D eigenvalue weighted by atomic mass is 10.4. The molecule has 0 N–H and O–H groups in total. The molecule has 0 aliphatic rings. The number of thioether (sulfide) groups is 1. The molecular weight excluding hydrogens is 178 g/mol. The highest BCUT2D eigenvalue weighted by atomic mass is 35.5. The van der Waals surface area contributed by atoms with Gasteiger partial charge in [0.05, 0.1) is 6.07 Å². The van der Waals surface area contributed by atoms with Crippen LogP contribution in [0.15, 0.2) is 35.2 Å². The van der Waals surface area contributed by atoms with E-state index in [9.17, 15) is 0 Å². The zero-order valence-corrected chi connectivity index (χ0v) is 7.27. The summed E-state index contributed by atoms with van der Waals surface area (Å²) in [6, 6.07) is 11.6. The number of hydrogen-bond donors (Lipinski definition) is 0. The molecule has 1 rings (SSSR count). The zero-order valence-electron chi connectivity index (χ0n) is 5.70. The summed E-state index contributed by atoms with van der Waals surface area (Å²) < 4.78 is -0.489. The molecule has 0 heterocycles. The Balaban J connectivity index is 2.60. The van der Waals surface area contributed by atoms with Crippen molar-refractivity contribution in [2.24, 2.45) is 0 Å². The lowest BCUT2D eigenvalue weighted by Crippen LogP contribution is -1.83. The highest BCUT2D eigenvalue weighted by Crippen LogP contribution is 2.24. The normalized spacial score (nSPS) is 12.0. The van der Waals surface area contributed by atoms with Gasteiger partial charge >= 0.3 is 0 Å². The Labute approximate surface area is 75.0 Å². The Morgan fingerprint density at radius 2 is 2.00 bits per heavy atom. The third kappa shape index (κ3) is 2.83. The van der Waals surface area contributed by atoms with E-state index in [0.29, 0.717) is 0 Å². The van der Waals surface area contributed by atoms with Crippen LogP contribution in [0.25, 0.3) is 0 Å². The number of alkyl halides is 1. The highest BCUT2D eigenvalue weighted by molar-refractivity contribution is 8.01. The first-order chi connectivity index (χ1) is 5.33. The van der Waals surface area contributed by atoms with Crippen molar-refractivity contribution < 1.29 is 0 Å². The third-order valence-corrected chi connectivity index (χ3v) is 2.31. The van der Waals surface area contributed by atoms with Crippen LogP contribution >= 0.6 is 23.4 Å². The molecule has 11 heavy (non-hydrogen) atoms. The van der Waals surface area contributed by atoms with Gasteiger partial charge in [0.1, 0.15) is 0 Å². The third-order valence-electron chi connectivity index (χ3n) is 1.08. The summed E-state index contributed by atoms with van der Waals surface area (Å²) in [4.78, 5) is 1.02. The zero-order chi connectivity index (χ0) is 8.10. The second kappa shape index (κ2) is 4.27. The molecule has 0 aliphatic heterocycles. The van der Waals surface area contributed by atoms with Crippen LogP contribution in [-0.4, -0.2) is 4.71 Å². The van der Waals surface area contributed by atoms with Gasteiger partial charge in [0.25, 0.3) is 0 Å². The first-order valence-electron chi connectivity index (χ1n) is 3.08. The number of nitrogens with zero attached hydrogens (tertiary/aromatic N) is 1. The number of nitriles is 1. The highest BCUT2D eigenvalue weighted by Gasteiger charge is 2.02. The van der Waals surface area contributed by atoms with Crippen LogP contribution in [0.2, 0.25) is 0 Å². The number of halogens is 1. The molecule has 0 saturated heterocycles. The van der Waals surface area contributed by atoms with Crippen molar-refractivity contribution in [1.82, 2.24) is 0 Å². The van der Waals surface area contributed by atoms with E-state index < -0.39 is 4.71 Å². The average Bonchev–Trinajstić information content (AvgIpc) is 2.06. The van der Waals surface area contributed by atoms with Crippen molar-refractivity contribution in [2.45, 2.75) is 9.60 Å². The predicted molar refractivity (Wildman–Crippen MR) is 47.6 cm³/mol. The van der Waals surface area contributed by atoms with Crippen LogP contribution in [-0.2, 0) is 0 Å². The summed E-state index contributed by atoms with van der Waals surface area (Å²) in [6.07, 6.45) is 0. The second-order valence-electron chi connectivity index (χ2n) is 1.88. The smallest absolute Gasteiger partial charge is 0.170 e. The minimum atomic E-state index is -0.489. The summed E-state index contributed by atoms with van der Waals surface area (Å²) in [5, 5.41) is 8.39. The van der Waals surface area contributed by atoms with E-state index in [4.69, 9.17) is 16.9 Å². The van der Waals surface area contributed by atoms with Gasteiger partial charge in [-0.2, -0.15) is 5.26 Å². The Morgan fingerprint density at radius 1 is 1.36 bits per heavy atom. The molecule has 0 saturated carbocycles. The van der Waals surface area contributed by atoms with E-state index in [0.717, 1.165) is 4.90 Å². The molecule has 0 aromatic heterocycles. The molecule has 0 aliphatic carbocycles. The summed E-state index contributed by atoms with van der Waals surface area (Å²) in [5.41, 5.74) is 0. The molecule has 1 aromatic rings. The van der Waals surface area contributed by atoms with E-state index in [-0.39, 0.29) is 0 Å². The first kappa shape index (κ1) is 8.45. The average molecular weight is 184 g/mol. The topological polar surface area (TPSA) is 23.8 Å². The van der Waals surface area contributed by atoms with Crippen LogP contribution in [0, 0.1) is 11.3 Å². The molecule has 0 amide bonds. The fourth-order valence-corrected chi connectivity index (χ4v) is 1.56. The van der Waals surface area contributed by atoms with E-state index in [2.05, 4.69) is 0 Å². The lowest BCUT2D eigenvalue weighted by Gasteiger charge is -1.98. The van der Waals surface area contributed by atoms with Crippen molar-refractivity contribution in [3.63, 3.8) is 0 Å². The number of hydrogen-bond acceptors (Lipinski definition) is 2. The van der Waals surface area contributed by atoms with Crippen molar-refractivity contribution in [1.29, 1.82) is 5.26 Å². The lowest BCUT2D eigenvalue weighted by molar-refractivity contribution is 1.42. The Morgan fingerprint density at radius 3 is 2.55 bits per heavy atom. The Kier molecular flexibility index (Phi) is 3.28. The maximum atomic E-state index is 8.39. The first-order valence-corrected chi connectivity index (χ1v) is 4.40. The molecule has 3 heteroatoms. The van der Waals surface area contributed by atoms with Crippen LogP contribution < -0.4 is 0 Å². The van der Waals surface area contributed by atoms with E-state index in [1.807, 2.05) is 36.4 Å².